The Bertz CT molecular complexity index is 442. The molecule has 2 nitrogen and oxygen atoms in total. The first-order valence-corrected chi connectivity index (χ1v) is 5.58. The first-order chi connectivity index (χ1) is 7.40. The molecule has 2 aromatic rings. The second-order valence-electron chi connectivity index (χ2n) is 3.13. The van der Waals surface area contributed by atoms with Crippen molar-refractivity contribution in [2.45, 2.75) is 6.04 Å². The maximum absolute atomic E-state index is 9.05. The monoisotopic (exact) mass is 214 g/mol. The topological polar surface area (TPSA) is 35.8 Å². The molecule has 0 unspecified atom stereocenters. The molecular formula is C12H10N2S. The minimum atomic E-state index is -0.265. The summed E-state index contributed by atoms with van der Waals surface area (Å²) >= 11 is 1.60. The third-order valence-electron chi connectivity index (χ3n) is 2.09. The molecule has 0 bridgehead atoms. The number of nitrogens with one attached hydrogen (secondary N) is 1. The van der Waals surface area contributed by atoms with Crippen LogP contribution in [0.15, 0.2) is 47.2 Å². The lowest BCUT2D eigenvalue weighted by Gasteiger charge is -2.10. The van der Waals surface area contributed by atoms with Crippen molar-refractivity contribution in [1.29, 1.82) is 5.26 Å². The van der Waals surface area contributed by atoms with Crippen LogP contribution in [0.5, 0.6) is 0 Å². The molecule has 1 aromatic heterocycles. The van der Waals surface area contributed by atoms with E-state index in [9.17, 15) is 0 Å². The van der Waals surface area contributed by atoms with Gasteiger partial charge in [0.2, 0.25) is 0 Å². The Kier molecular flexibility index (Phi) is 3.01. The van der Waals surface area contributed by atoms with Crippen molar-refractivity contribution in [2.75, 3.05) is 5.32 Å². The second-order valence-corrected chi connectivity index (χ2v) is 3.91. The first kappa shape index (κ1) is 9.75. The van der Waals surface area contributed by atoms with Gasteiger partial charge < -0.3 is 5.32 Å². The highest BCUT2D eigenvalue weighted by atomic mass is 32.1. The Balaban J connectivity index is 2.14. The van der Waals surface area contributed by atoms with Gasteiger partial charge in [-0.25, -0.2) is 0 Å². The maximum atomic E-state index is 9.05. The second kappa shape index (κ2) is 4.63. The van der Waals surface area contributed by atoms with Crippen molar-refractivity contribution in [1.82, 2.24) is 0 Å². The van der Waals surface area contributed by atoms with E-state index >= 15 is 0 Å². The van der Waals surface area contributed by atoms with Gasteiger partial charge in [0, 0.05) is 5.69 Å². The van der Waals surface area contributed by atoms with Crippen LogP contribution in [-0.2, 0) is 0 Å². The van der Waals surface area contributed by atoms with Gasteiger partial charge in [-0.15, -0.1) is 0 Å². The number of thiophene rings is 1. The van der Waals surface area contributed by atoms with Crippen LogP contribution in [0, 0.1) is 11.3 Å². The maximum Gasteiger partial charge on any atom is 0.141 e. The molecule has 0 spiro atoms. The van der Waals surface area contributed by atoms with Crippen LogP contribution in [-0.4, -0.2) is 0 Å². The van der Waals surface area contributed by atoms with Gasteiger partial charge >= 0.3 is 0 Å². The van der Waals surface area contributed by atoms with Crippen LogP contribution in [0.3, 0.4) is 0 Å². The van der Waals surface area contributed by atoms with Gasteiger partial charge in [-0.3, -0.25) is 0 Å². The molecule has 1 atom stereocenters. The average molecular weight is 214 g/mol. The highest BCUT2D eigenvalue weighted by Crippen LogP contribution is 2.20. The summed E-state index contributed by atoms with van der Waals surface area (Å²) in [5.74, 6) is 0. The van der Waals surface area contributed by atoms with E-state index in [2.05, 4.69) is 11.4 Å². The molecule has 2 rings (SSSR count). The number of rotatable bonds is 3. The van der Waals surface area contributed by atoms with E-state index in [1.54, 1.807) is 11.3 Å². The van der Waals surface area contributed by atoms with Crippen molar-refractivity contribution >= 4 is 17.0 Å². The number of hydrogen-bond acceptors (Lipinski definition) is 3. The van der Waals surface area contributed by atoms with E-state index in [0.29, 0.717) is 0 Å². The fraction of sp³-hybridized carbons (Fsp3) is 0.0833. The molecule has 0 amide bonds. The van der Waals surface area contributed by atoms with E-state index < -0.39 is 0 Å². The van der Waals surface area contributed by atoms with Gasteiger partial charge in [0.05, 0.1) is 6.07 Å². The number of nitrogens with zero attached hydrogens (tertiary/aromatic N) is 1. The molecule has 0 radical (unpaired) electrons. The fourth-order valence-corrected chi connectivity index (χ4v) is 2.02. The van der Waals surface area contributed by atoms with E-state index in [1.165, 1.54) is 0 Å². The van der Waals surface area contributed by atoms with Crippen LogP contribution in [0.1, 0.15) is 11.6 Å². The Morgan fingerprint density at radius 2 is 2.00 bits per heavy atom. The van der Waals surface area contributed by atoms with Crippen LogP contribution in [0.4, 0.5) is 5.69 Å². The average Bonchev–Trinajstić information content (AvgIpc) is 2.81. The quantitative estimate of drug-likeness (QED) is 0.849. The Morgan fingerprint density at radius 3 is 2.60 bits per heavy atom. The molecule has 0 fully saturated rings. The lowest BCUT2D eigenvalue weighted by atomic mass is 10.1. The molecule has 1 heterocycles. The van der Waals surface area contributed by atoms with Gasteiger partial charge in [0.1, 0.15) is 6.04 Å². The van der Waals surface area contributed by atoms with E-state index in [1.807, 2.05) is 47.2 Å². The number of benzene rings is 1. The summed E-state index contributed by atoms with van der Waals surface area (Å²) < 4.78 is 0. The minimum absolute atomic E-state index is 0.265. The van der Waals surface area contributed by atoms with Crippen molar-refractivity contribution in [3.8, 4) is 6.07 Å². The largest absolute Gasteiger partial charge is 0.366 e. The van der Waals surface area contributed by atoms with Gasteiger partial charge in [0.25, 0.3) is 0 Å². The zero-order valence-electron chi connectivity index (χ0n) is 8.05. The minimum Gasteiger partial charge on any atom is -0.366 e. The third-order valence-corrected chi connectivity index (χ3v) is 2.79. The Hall–Kier alpha value is -1.79. The molecular weight excluding hydrogens is 204 g/mol. The molecule has 3 heteroatoms. The normalized spacial score (nSPS) is 11.7. The molecule has 0 saturated carbocycles. The summed E-state index contributed by atoms with van der Waals surface area (Å²) in [4.78, 5) is 0. The lowest BCUT2D eigenvalue weighted by Crippen LogP contribution is -2.06. The lowest BCUT2D eigenvalue weighted by molar-refractivity contribution is 1.01. The SMILES string of the molecule is N#C[C@H](Nc1ccccc1)c1ccsc1. The van der Waals surface area contributed by atoms with Gasteiger partial charge in [-0.05, 0) is 34.5 Å². The molecule has 0 aliphatic heterocycles. The van der Waals surface area contributed by atoms with Gasteiger partial charge in [-0.1, -0.05) is 18.2 Å². The molecule has 15 heavy (non-hydrogen) atoms. The molecule has 74 valence electrons. The number of anilines is 1. The smallest absolute Gasteiger partial charge is 0.141 e. The summed E-state index contributed by atoms with van der Waals surface area (Å²) in [5.41, 5.74) is 1.99. The first-order valence-electron chi connectivity index (χ1n) is 4.63. The summed E-state index contributed by atoms with van der Waals surface area (Å²) in [5, 5.41) is 16.2. The van der Waals surface area contributed by atoms with E-state index in [-0.39, 0.29) is 6.04 Å². The number of nitriles is 1. The highest BCUT2D eigenvalue weighted by molar-refractivity contribution is 7.08. The third kappa shape index (κ3) is 2.36. The summed E-state index contributed by atoms with van der Waals surface area (Å²) in [6.07, 6.45) is 0. The molecule has 0 aliphatic carbocycles. The Morgan fingerprint density at radius 1 is 1.20 bits per heavy atom. The molecule has 0 aliphatic rings. The Labute approximate surface area is 92.8 Å². The van der Waals surface area contributed by atoms with Crippen LogP contribution < -0.4 is 5.32 Å². The van der Waals surface area contributed by atoms with Crippen molar-refractivity contribution < 1.29 is 0 Å². The van der Waals surface area contributed by atoms with E-state index in [4.69, 9.17) is 5.26 Å². The van der Waals surface area contributed by atoms with Gasteiger partial charge in [0.15, 0.2) is 0 Å². The summed E-state index contributed by atoms with van der Waals surface area (Å²) in [7, 11) is 0. The fourth-order valence-electron chi connectivity index (χ4n) is 1.33. The van der Waals surface area contributed by atoms with Crippen molar-refractivity contribution in [3.05, 3.63) is 52.7 Å². The standard InChI is InChI=1S/C12H10N2S/c13-8-12(10-6-7-15-9-10)14-11-4-2-1-3-5-11/h1-7,9,12,14H/t12-/m0/s1. The summed E-state index contributed by atoms with van der Waals surface area (Å²) in [6.45, 7) is 0. The predicted molar refractivity (Wildman–Crippen MR) is 62.7 cm³/mol. The number of para-hydroxylation sites is 1. The molecule has 0 saturated heterocycles. The molecule has 1 aromatic carbocycles. The number of hydrogen-bond donors (Lipinski definition) is 1. The predicted octanol–water partition coefficient (Wildman–Crippen LogP) is 3.42. The zero-order valence-corrected chi connectivity index (χ0v) is 8.87. The van der Waals surface area contributed by atoms with Crippen LogP contribution in [0.2, 0.25) is 0 Å². The van der Waals surface area contributed by atoms with E-state index in [0.717, 1.165) is 11.3 Å². The van der Waals surface area contributed by atoms with Crippen LogP contribution >= 0.6 is 11.3 Å². The zero-order chi connectivity index (χ0) is 10.5. The van der Waals surface area contributed by atoms with Crippen molar-refractivity contribution in [3.63, 3.8) is 0 Å². The molecule has 1 N–H and O–H groups in total. The summed E-state index contributed by atoms with van der Waals surface area (Å²) in [6, 6.07) is 13.7. The van der Waals surface area contributed by atoms with Crippen LogP contribution in [0.25, 0.3) is 0 Å². The highest BCUT2D eigenvalue weighted by Gasteiger charge is 2.09. The van der Waals surface area contributed by atoms with Crippen molar-refractivity contribution in [2.24, 2.45) is 0 Å². The van der Waals surface area contributed by atoms with Gasteiger partial charge in [-0.2, -0.15) is 16.6 Å².